The average Bonchev–Trinajstić information content (AvgIpc) is 3.58. The summed E-state index contributed by atoms with van der Waals surface area (Å²) >= 11 is 0. The van der Waals surface area contributed by atoms with Crippen molar-refractivity contribution in [2.45, 2.75) is 18.9 Å². The zero-order valence-corrected chi connectivity index (χ0v) is 16.9. The lowest BCUT2D eigenvalue weighted by Gasteiger charge is -2.39. The normalized spacial score (nSPS) is 20.9. The van der Waals surface area contributed by atoms with Crippen molar-refractivity contribution in [2.75, 3.05) is 24.5 Å². The molecule has 9 nitrogen and oxygen atoms in total. The Balaban J connectivity index is 1.30. The van der Waals surface area contributed by atoms with Crippen LogP contribution in [0.2, 0.25) is 0 Å². The Hall–Kier alpha value is -3.75. The molecule has 2 aliphatic heterocycles. The largest absolute Gasteiger partial charge is 0.350 e. The number of para-hydroxylation sites is 1. The van der Waals surface area contributed by atoms with Gasteiger partial charge in [-0.15, -0.1) is 0 Å². The van der Waals surface area contributed by atoms with E-state index >= 15 is 0 Å². The molecule has 5 heterocycles. The second-order valence-electron chi connectivity index (χ2n) is 8.10. The number of anilines is 1. The minimum atomic E-state index is 0.0220. The highest BCUT2D eigenvalue weighted by Crippen LogP contribution is 2.36. The summed E-state index contributed by atoms with van der Waals surface area (Å²) < 4.78 is 1.86. The lowest BCUT2D eigenvalue weighted by atomic mass is 9.91. The van der Waals surface area contributed by atoms with Crippen LogP contribution in [-0.4, -0.2) is 66.1 Å². The van der Waals surface area contributed by atoms with Crippen molar-refractivity contribution >= 4 is 17.2 Å². The molecule has 2 fully saturated rings. The zero-order valence-electron chi connectivity index (χ0n) is 16.9. The summed E-state index contributed by atoms with van der Waals surface area (Å²) in [7, 11) is 0. The van der Waals surface area contributed by atoms with Gasteiger partial charge in [-0.1, -0.05) is 12.1 Å². The molecule has 6 rings (SSSR count). The van der Waals surface area contributed by atoms with Gasteiger partial charge in [-0.3, -0.25) is 4.79 Å². The summed E-state index contributed by atoms with van der Waals surface area (Å²) in [4.78, 5) is 24.0. The van der Waals surface area contributed by atoms with Crippen LogP contribution in [0, 0.1) is 5.92 Å². The van der Waals surface area contributed by atoms with Gasteiger partial charge in [0.15, 0.2) is 5.82 Å². The Morgan fingerprint density at radius 3 is 2.68 bits per heavy atom. The molecule has 0 saturated carbocycles. The molecule has 2 atom stereocenters. The van der Waals surface area contributed by atoms with E-state index < -0.39 is 0 Å². The van der Waals surface area contributed by atoms with Gasteiger partial charge in [-0.2, -0.15) is 20.1 Å². The first kappa shape index (κ1) is 18.1. The van der Waals surface area contributed by atoms with Gasteiger partial charge in [0, 0.05) is 32.0 Å². The zero-order chi connectivity index (χ0) is 20.8. The maximum Gasteiger partial charge on any atom is 0.256 e. The smallest absolute Gasteiger partial charge is 0.256 e. The Labute approximate surface area is 178 Å². The standard InChI is InChI=1S/C22H22N8O/c31-22(17-3-1-2-4-18(17)30-25-9-10-26-30)27-12-6-16-7-13-28(20(16)15-27)21-19-5-8-24-29(19)14-11-23-21/h1-5,8-11,14,16,20H,6-7,12-13,15H2/t16-,20+/m1/s1. The van der Waals surface area contributed by atoms with Gasteiger partial charge >= 0.3 is 0 Å². The van der Waals surface area contributed by atoms with E-state index in [9.17, 15) is 4.79 Å². The third kappa shape index (κ3) is 2.96. The van der Waals surface area contributed by atoms with Gasteiger partial charge in [-0.05, 0) is 37.0 Å². The predicted molar refractivity (Wildman–Crippen MR) is 114 cm³/mol. The highest BCUT2D eigenvalue weighted by atomic mass is 16.2. The molecule has 2 aliphatic rings. The topological polar surface area (TPSA) is 84.5 Å². The fraction of sp³-hybridized carbons (Fsp3) is 0.318. The van der Waals surface area contributed by atoms with Crippen LogP contribution in [0.25, 0.3) is 11.2 Å². The van der Waals surface area contributed by atoms with Crippen molar-refractivity contribution < 1.29 is 4.79 Å². The van der Waals surface area contributed by atoms with Gasteiger partial charge in [0.1, 0.15) is 5.52 Å². The number of benzene rings is 1. The SMILES string of the molecule is O=C(c1ccccc1-n1nccn1)N1CC[C@@H]2CCN(c3nccn4nccc34)[C@H]2C1. The van der Waals surface area contributed by atoms with Crippen LogP contribution in [-0.2, 0) is 0 Å². The van der Waals surface area contributed by atoms with E-state index in [1.807, 2.05) is 45.9 Å². The maximum absolute atomic E-state index is 13.5. The van der Waals surface area contributed by atoms with Crippen molar-refractivity contribution in [3.63, 3.8) is 0 Å². The minimum Gasteiger partial charge on any atom is -0.350 e. The van der Waals surface area contributed by atoms with Crippen molar-refractivity contribution in [1.82, 2.24) is 34.5 Å². The number of aromatic nitrogens is 6. The number of piperidine rings is 1. The first-order valence-corrected chi connectivity index (χ1v) is 10.6. The number of amides is 1. The molecule has 9 heteroatoms. The molecule has 4 aromatic rings. The van der Waals surface area contributed by atoms with E-state index in [-0.39, 0.29) is 11.9 Å². The fourth-order valence-corrected chi connectivity index (χ4v) is 4.99. The van der Waals surface area contributed by atoms with Gasteiger partial charge in [0.25, 0.3) is 5.91 Å². The third-order valence-electron chi connectivity index (χ3n) is 6.49. The molecule has 1 amide bonds. The molecule has 0 aliphatic carbocycles. The number of fused-ring (bicyclic) bond motifs is 2. The number of nitrogens with zero attached hydrogens (tertiary/aromatic N) is 8. The number of carbonyl (C=O) groups is 1. The molecule has 31 heavy (non-hydrogen) atoms. The van der Waals surface area contributed by atoms with E-state index in [0.29, 0.717) is 23.7 Å². The van der Waals surface area contributed by atoms with Crippen LogP contribution in [0.1, 0.15) is 23.2 Å². The first-order valence-electron chi connectivity index (χ1n) is 10.6. The Kier molecular flexibility index (Phi) is 4.19. The Morgan fingerprint density at radius 2 is 1.77 bits per heavy atom. The summed E-state index contributed by atoms with van der Waals surface area (Å²) in [5.74, 6) is 1.54. The summed E-state index contributed by atoms with van der Waals surface area (Å²) in [6.45, 7) is 2.39. The average molecular weight is 414 g/mol. The molecule has 1 aromatic carbocycles. The molecular weight excluding hydrogens is 392 g/mol. The van der Waals surface area contributed by atoms with Gasteiger partial charge in [-0.25, -0.2) is 9.50 Å². The monoisotopic (exact) mass is 414 g/mol. The lowest BCUT2D eigenvalue weighted by Crippen LogP contribution is -2.50. The highest BCUT2D eigenvalue weighted by Gasteiger charge is 2.41. The quantitative estimate of drug-likeness (QED) is 0.510. The molecule has 3 aromatic heterocycles. The number of carbonyl (C=O) groups excluding carboxylic acids is 1. The van der Waals surface area contributed by atoms with E-state index in [0.717, 1.165) is 37.3 Å². The van der Waals surface area contributed by atoms with E-state index in [4.69, 9.17) is 0 Å². The second-order valence-corrected chi connectivity index (χ2v) is 8.10. The molecule has 0 spiro atoms. The predicted octanol–water partition coefficient (Wildman–Crippen LogP) is 2.05. The molecule has 156 valence electrons. The number of hydrogen-bond donors (Lipinski definition) is 0. The van der Waals surface area contributed by atoms with Crippen LogP contribution in [0.5, 0.6) is 0 Å². The number of hydrogen-bond acceptors (Lipinski definition) is 6. The van der Waals surface area contributed by atoms with Gasteiger partial charge < -0.3 is 9.80 Å². The van der Waals surface area contributed by atoms with Crippen LogP contribution in [0.15, 0.2) is 61.3 Å². The molecule has 0 bridgehead atoms. The van der Waals surface area contributed by atoms with Crippen LogP contribution in [0.3, 0.4) is 0 Å². The second kappa shape index (κ2) is 7.19. The fourth-order valence-electron chi connectivity index (χ4n) is 4.99. The van der Waals surface area contributed by atoms with Gasteiger partial charge in [0.05, 0.1) is 35.9 Å². The van der Waals surface area contributed by atoms with Gasteiger partial charge in [0.2, 0.25) is 0 Å². The molecule has 2 saturated heterocycles. The summed E-state index contributed by atoms with van der Waals surface area (Å²) in [5.41, 5.74) is 2.33. The van der Waals surface area contributed by atoms with E-state index in [1.54, 1.807) is 24.8 Å². The Morgan fingerprint density at radius 1 is 0.935 bits per heavy atom. The number of rotatable bonds is 3. The van der Waals surface area contributed by atoms with Crippen molar-refractivity contribution in [3.05, 3.63) is 66.9 Å². The number of likely N-dealkylation sites (tertiary alicyclic amines) is 1. The summed E-state index contributed by atoms with van der Waals surface area (Å²) in [5, 5.41) is 12.8. The van der Waals surface area contributed by atoms with Crippen LogP contribution >= 0.6 is 0 Å². The summed E-state index contributed by atoms with van der Waals surface area (Å²) in [6, 6.07) is 9.77. The molecule has 0 unspecified atom stereocenters. The van der Waals surface area contributed by atoms with E-state index in [2.05, 4.69) is 25.2 Å². The van der Waals surface area contributed by atoms with Crippen LogP contribution in [0.4, 0.5) is 5.82 Å². The van der Waals surface area contributed by atoms with Crippen molar-refractivity contribution in [2.24, 2.45) is 5.92 Å². The third-order valence-corrected chi connectivity index (χ3v) is 6.49. The molecular formula is C22H22N8O. The highest BCUT2D eigenvalue weighted by molar-refractivity contribution is 5.97. The molecule has 0 radical (unpaired) electrons. The molecule has 0 N–H and O–H groups in total. The van der Waals surface area contributed by atoms with Crippen molar-refractivity contribution in [1.29, 1.82) is 0 Å². The lowest BCUT2D eigenvalue weighted by molar-refractivity contribution is 0.0678. The Bertz CT molecular complexity index is 1230. The minimum absolute atomic E-state index is 0.0220. The van der Waals surface area contributed by atoms with E-state index in [1.165, 1.54) is 4.80 Å². The maximum atomic E-state index is 13.5. The van der Waals surface area contributed by atoms with Crippen molar-refractivity contribution in [3.8, 4) is 5.69 Å². The summed E-state index contributed by atoms with van der Waals surface area (Å²) in [6.07, 6.45) is 10.8. The van der Waals surface area contributed by atoms with Crippen LogP contribution < -0.4 is 4.90 Å². The first-order chi connectivity index (χ1) is 15.3.